The SMILES string of the molecule is c1ccc(CONCC2CSc3ccccc32)cc1. The van der Waals surface area contributed by atoms with Crippen molar-refractivity contribution in [2.24, 2.45) is 0 Å². The van der Waals surface area contributed by atoms with Gasteiger partial charge in [-0.2, -0.15) is 0 Å². The maximum atomic E-state index is 5.54. The summed E-state index contributed by atoms with van der Waals surface area (Å²) in [5.74, 6) is 1.69. The molecule has 0 bridgehead atoms. The second-order valence-corrected chi connectivity index (χ2v) is 5.73. The van der Waals surface area contributed by atoms with Gasteiger partial charge in [0.15, 0.2) is 0 Å². The topological polar surface area (TPSA) is 21.3 Å². The van der Waals surface area contributed by atoms with E-state index in [4.69, 9.17) is 4.84 Å². The molecule has 0 radical (unpaired) electrons. The van der Waals surface area contributed by atoms with Crippen LogP contribution >= 0.6 is 11.8 Å². The molecule has 1 heterocycles. The average Bonchev–Trinajstić information content (AvgIpc) is 2.88. The third kappa shape index (κ3) is 3.18. The highest BCUT2D eigenvalue weighted by Gasteiger charge is 2.22. The molecular formula is C16H17NOS. The Kier molecular flexibility index (Phi) is 4.18. The van der Waals surface area contributed by atoms with Gasteiger partial charge in [-0.25, -0.2) is 5.48 Å². The molecule has 0 saturated heterocycles. The number of hydrogen-bond donors (Lipinski definition) is 1. The van der Waals surface area contributed by atoms with E-state index < -0.39 is 0 Å². The van der Waals surface area contributed by atoms with Crippen LogP contribution in [0.4, 0.5) is 0 Å². The monoisotopic (exact) mass is 271 g/mol. The maximum Gasteiger partial charge on any atom is 0.0933 e. The standard InChI is InChI=1S/C16H17NOS/c1-2-6-13(7-3-1)11-18-17-10-14-12-19-16-9-5-4-8-15(14)16/h1-9,14,17H,10-12H2. The van der Waals surface area contributed by atoms with Crippen molar-refractivity contribution in [1.29, 1.82) is 0 Å². The molecule has 98 valence electrons. The fourth-order valence-electron chi connectivity index (χ4n) is 2.27. The number of fused-ring (bicyclic) bond motifs is 1. The van der Waals surface area contributed by atoms with Crippen molar-refractivity contribution in [3.8, 4) is 0 Å². The predicted octanol–water partition coefficient (Wildman–Crippen LogP) is 3.60. The molecule has 0 amide bonds. The molecule has 2 aromatic carbocycles. The highest BCUT2D eigenvalue weighted by molar-refractivity contribution is 7.99. The molecule has 0 aromatic heterocycles. The first-order valence-corrected chi connectivity index (χ1v) is 7.52. The zero-order chi connectivity index (χ0) is 12.9. The van der Waals surface area contributed by atoms with Crippen LogP contribution in [0, 0.1) is 0 Å². The second-order valence-electron chi connectivity index (χ2n) is 4.67. The molecule has 19 heavy (non-hydrogen) atoms. The first-order chi connectivity index (χ1) is 9.43. The average molecular weight is 271 g/mol. The van der Waals surface area contributed by atoms with Gasteiger partial charge in [-0.15, -0.1) is 11.8 Å². The molecule has 0 spiro atoms. The number of thioether (sulfide) groups is 1. The van der Waals surface area contributed by atoms with Crippen molar-refractivity contribution in [3.63, 3.8) is 0 Å². The fourth-order valence-corrected chi connectivity index (χ4v) is 3.52. The van der Waals surface area contributed by atoms with Crippen LogP contribution in [0.5, 0.6) is 0 Å². The normalized spacial score (nSPS) is 17.4. The Bertz CT molecular complexity index is 529. The summed E-state index contributed by atoms with van der Waals surface area (Å²) in [6.07, 6.45) is 0. The molecule has 1 aliphatic heterocycles. The van der Waals surface area contributed by atoms with E-state index in [1.807, 2.05) is 30.0 Å². The van der Waals surface area contributed by atoms with Gasteiger partial charge >= 0.3 is 0 Å². The summed E-state index contributed by atoms with van der Waals surface area (Å²) in [6, 6.07) is 18.9. The zero-order valence-corrected chi connectivity index (χ0v) is 11.5. The summed E-state index contributed by atoms with van der Waals surface area (Å²) in [5, 5.41) is 0. The van der Waals surface area contributed by atoms with E-state index in [-0.39, 0.29) is 0 Å². The lowest BCUT2D eigenvalue weighted by Gasteiger charge is -2.12. The number of nitrogens with one attached hydrogen (secondary N) is 1. The van der Waals surface area contributed by atoms with Crippen molar-refractivity contribution in [2.75, 3.05) is 12.3 Å². The molecule has 1 atom stereocenters. The molecule has 1 N–H and O–H groups in total. The van der Waals surface area contributed by atoms with Crippen molar-refractivity contribution in [1.82, 2.24) is 5.48 Å². The lowest BCUT2D eigenvalue weighted by Crippen LogP contribution is -2.21. The van der Waals surface area contributed by atoms with Crippen LogP contribution in [0.2, 0.25) is 0 Å². The van der Waals surface area contributed by atoms with Gasteiger partial charge < -0.3 is 0 Å². The molecule has 0 fully saturated rings. The minimum absolute atomic E-state index is 0.553. The third-order valence-electron chi connectivity index (χ3n) is 3.31. The molecule has 3 heteroatoms. The van der Waals surface area contributed by atoms with Crippen LogP contribution in [-0.4, -0.2) is 12.3 Å². The second kappa shape index (κ2) is 6.24. The molecule has 0 saturated carbocycles. The Morgan fingerprint density at radius 2 is 1.84 bits per heavy atom. The summed E-state index contributed by atoms with van der Waals surface area (Å²) in [4.78, 5) is 6.95. The van der Waals surface area contributed by atoms with Crippen molar-refractivity contribution in [3.05, 3.63) is 65.7 Å². The van der Waals surface area contributed by atoms with Gasteiger partial charge in [0.05, 0.1) is 6.61 Å². The van der Waals surface area contributed by atoms with Crippen LogP contribution in [0.25, 0.3) is 0 Å². The molecule has 0 aliphatic carbocycles. The molecule has 3 rings (SSSR count). The molecule has 1 aliphatic rings. The van der Waals surface area contributed by atoms with Gasteiger partial charge in [0.25, 0.3) is 0 Å². The lowest BCUT2D eigenvalue weighted by atomic mass is 10.0. The highest BCUT2D eigenvalue weighted by atomic mass is 32.2. The van der Waals surface area contributed by atoms with Crippen LogP contribution < -0.4 is 5.48 Å². The van der Waals surface area contributed by atoms with Gasteiger partial charge in [-0.1, -0.05) is 48.5 Å². The Hall–Kier alpha value is -1.29. The van der Waals surface area contributed by atoms with E-state index in [1.54, 1.807) is 0 Å². The van der Waals surface area contributed by atoms with E-state index in [2.05, 4.69) is 41.9 Å². The summed E-state index contributed by atoms with van der Waals surface area (Å²) >= 11 is 1.93. The van der Waals surface area contributed by atoms with Gasteiger partial charge in [-0.3, -0.25) is 4.84 Å². The molecule has 2 nitrogen and oxygen atoms in total. The van der Waals surface area contributed by atoms with E-state index in [9.17, 15) is 0 Å². The van der Waals surface area contributed by atoms with Crippen molar-refractivity contribution < 1.29 is 4.84 Å². The Balaban J connectivity index is 1.47. The van der Waals surface area contributed by atoms with Gasteiger partial charge in [0.1, 0.15) is 0 Å². The predicted molar refractivity (Wildman–Crippen MR) is 79.1 cm³/mol. The first-order valence-electron chi connectivity index (χ1n) is 6.54. The van der Waals surface area contributed by atoms with E-state index in [0.29, 0.717) is 12.5 Å². The van der Waals surface area contributed by atoms with Crippen LogP contribution in [0.3, 0.4) is 0 Å². The number of hydroxylamine groups is 1. The van der Waals surface area contributed by atoms with E-state index in [0.717, 1.165) is 12.3 Å². The number of rotatable bonds is 5. The van der Waals surface area contributed by atoms with Gasteiger partial charge in [0, 0.05) is 23.1 Å². The minimum atomic E-state index is 0.553. The zero-order valence-electron chi connectivity index (χ0n) is 10.7. The summed E-state index contributed by atoms with van der Waals surface area (Å²) < 4.78 is 0. The maximum absolute atomic E-state index is 5.54. The minimum Gasteiger partial charge on any atom is -0.297 e. The summed E-state index contributed by atoms with van der Waals surface area (Å²) in [5.41, 5.74) is 5.74. The quantitative estimate of drug-likeness (QED) is 0.663. The molecule has 2 aromatic rings. The summed E-state index contributed by atoms with van der Waals surface area (Å²) in [7, 11) is 0. The van der Waals surface area contributed by atoms with Gasteiger partial charge in [0.2, 0.25) is 0 Å². The van der Waals surface area contributed by atoms with Crippen LogP contribution in [0.1, 0.15) is 17.0 Å². The smallest absolute Gasteiger partial charge is 0.0933 e. The Morgan fingerprint density at radius 3 is 2.74 bits per heavy atom. The van der Waals surface area contributed by atoms with Crippen LogP contribution in [0.15, 0.2) is 59.5 Å². The molecule has 1 unspecified atom stereocenters. The Morgan fingerprint density at radius 1 is 1.05 bits per heavy atom. The Labute approximate surface area is 118 Å². The third-order valence-corrected chi connectivity index (χ3v) is 4.56. The first kappa shape index (κ1) is 12.7. The largest absolute Gasteiger partial charge is 0.297 e. The van der Waals surface area contributed by atoms with E-state index in [1.165, 1.54) is 16.0 Å². The highest BCUT2D eigenvalue weighted by Crippen LogP contribution is 2.38. The van der Waals surface area contributed by atoms with Gasteiger partial charge in [-0.05, 0) is 17.2 Å². The molecular weight excluding hydrogens is 254 g/mol. The number of benzene rings is 2. The fraction of sp³-hybridized carbons (Fsp3) is 0.250. The van der Waals surface area contributed by atoms with Crippen LogP contribution in [-0.2, 0) is 11.4 Å². The van der Waals surface area contributed by atoms with E-state index >= 15 is 0 Å². The summed E-state index contributed by atoms with van der Waals surface area (Å²) in [6.45, 7) is 1.49. The number of hydrogen-bond acceptors (Lipinski definition) is 3. The van der Waals surface area contributed by atoms with Crippen molar-refractivity contribution in [2.45, 2.75) is 17.4 Å². The van der Waals surface area contributed by atoms with Crippen molar-refractivity contribution >= 4 is 11.8 Å². The lowest BCUT2D eigenvalue weighted by molar-refractivity contribution is 0.0258.